The Balaban J connectivity index is 2.13. The van der Waals surface area contributed by atoms with Crippen LogP contribution in [0.3, 0.4) is 0 Å². The fraction of sp³-hybridized carbons (Fsp3) is 0.455. The second kappa shape index (κ2) is 8.26. The summed E-state index contributed by atoms with van der Waals surface area (Å²) >= 11 is 1.61. The average Bonchev–Trinajstić information content (AvgIpc) is 3.17. The van der Waals surface area contributed by atoms with Crippen molar-refractivity contribution in [2.45, 2.75) is 52.1 Å². The molecular weight excluding hydrogens is 356 g/mol. The van der Waals surface area contributed by atoms with Crippen LogP contribution in [-0.2, 0) is 4.79 Å². The van der Waals surface area contributed by atoms with E-state index >= 15 is 0 Å². The van der Waals surface area contributed by atoms with Crippen LogP contribution in [0.5, 0.6) is 0 Å². The lowest BCUT2D eigenvalue weighted by Gasteiger charge is -2.42. The van der Waals surface area contributed by atoms with Crippen LogP contribution in [0.1, 0.15) is 66.9 Å². The summed E-state index contributed by atoms with van der Waals surface area (Å²) in [4.78, 5) is 29.6. The predicted octanol–water partition coefficient (Wildman–Crippen LogP) is 4.60. The van der Waals surface area contributed by atoms with Gasteiger partial charge in [0.1, 0.15) is 0 Å². The van der Waals surface area contributed by atoms with Gasteiger partial charge in [-0.2, -0.15) is 0 Å². The maximum Gasteiger partial charge on any atom is 0.254 e. The number of rotatable bonds is 6. The fourth-order valence-corrected chi connectivity index (χ4v) is 4.55. The Labute approximate surface area is 165 Å². The molecular formula is C22H28N2O2S. The van der Waals surface area contributed by atoms with E-state index in [-0.39, 0.29) is 23.9 Å². The van der Waals surface area contributed by atoms with Crippen molar-refractivity contribution in [1.29, 1.82) is 0 Å². The van der Waals surface area contributed by atoms with Crippen LogP contribution < -0.4 is 5.32 Å². The Morgan fingerprint density at radius 3 is 2.56 bits per heavy atom. The highest BCUT2D eigenvalue weighted by Crippen LogP contribution is 2.44. The van der Waals surface area contributed by atoms with Crippen LogP contribution in [-0.4, -0.2) is 29.3 Å². The molecule has 1 aromatic carbocycles. The Kier molecular flexibility index (Phi) is 6.00. The molecule has 4 nitrogen and oxygen atoms in total. The summed E-state index contributed by atoms with van der Waals surface area (Å²) in [7, 11) is 0. The van der Waals surface area contributed by atoms with E-state index in [0.717, 1.165) is 16.9 Å². The fourth-order valence-electron chi connectivity index (χ4n) is 3.68. The molecule has 0 bridgehead atoms. The van der Waals surface area contributed by atoms with Crippen molar-refractivity contribution >= 4 is 23.2 Å². The van der Waals surface area contributed by atoms with Gasteiger partial charge in [0, 0.05) is 23.0 Å². The van der Waals surface area contributed by atoms with Gasteiger partial charge in [-0.05, 0) is 42.3 Å². The Hall–Kier alpha value is -2.14. The molecule has 3 unspecified atom stereocenters. The number of nitrogens with zero attached hydrogens (tertiary/aromatic N) is 1. The van der Waals surface area contributed by atoms with Crippen molar-refractivity contribution in [2.24, 2.45) is 5.92 Å². The molecule has 27 heavy (non-hydrogen) atoms. The number of carbonyl (C=O) groups is 2. The predicted molar refractivity (Wildman–Crippen MR) is 110 cm³/mol. The third kappa shape index (κ3) is 3.93. The standard InChI is InChI=1S/C22H28N2O2S/c1-5-15(4)23-21(25)19-16-9-6-7-10-17(16)22(26)24(13-14(2)3)20(19)18-11-8-12-27-18/h6-12,14-15,19-20H,5,13H2,1-4H3,(H,23,25). The first-order chi connectivity index (χ1) is 12.9. The monoisotopic (exact) mass is 384 g/mol. The van der Waals surface area contributed by atoms with Gasteiger partial charge in [-0.25, -0.2) is 0 Å². The lowest BCUT2D eigenvalue weighted by Crippen LogP contribution is -2.49. The third-order valence-corrected chi connectivity index (χ3v) is 6.06. The molecule has 1 aliphatic rings. The van der Waals surface area contributed by atoms with Gasteiger partial charge >= 0.3 is 0 Å². The van der Waals surface area contributed by atoms with Gasteiger partial charge in [0.25, 0.3) is 5.91 Å². The maximum absolute atomic E-state index is 13.3. The first-order valence-electron chi connectivity index (χ1n) is 9.67. The molecule has 5 heteroatoms. The zero-order chi connectivity index (χ0) is 19.6. The quantitative estimate of drug-likeness (QED) is 0.791. The number of hydrogen-bond acceptors (Lipinski definition) is 3. The number of carbonyl (C=O) groups excluding carboxylic acids is 2. The number of amides is 2. The summed E-state index contributed by atoms with van der Waals surface area (Å²) in [5.41, 5.74) is 1.48. The normalized spacial score (nSPS) is 20.5. The number of thiophene rings is 1. The molecule has 0 spiro atoms. The van der Waals surface area contributed by atoms with Crippen LogP contribution in [0.2, 0.25) is 0 Å². The second-order valence-electron chi connectivity index (χ2n) is 7.69. The molecule has 2 heterocycles. The van der Waals surface area contributed by atoms with Crippen molar-refractivity contribution in [3.63, 3.8) is 0 Å². The molecule has 1 aromatic heterocycles. The van der Waals surface area contributed by atoms with Gasteiger partial charge in [0.05, 0.1) is 12.0 Å². The summed E-state index contributed by atoms with van der Waals surface area (Å²) in [5, 5.41) is 5.16. The summed E-state index contributed by atoms with van der Waals surface area (Å²) in [5.74, 6) is -0.0630. The molecule has 144 valence electrons. The molecule has 0 fully saturated rings. The molecule has 2 amide bonds. The summed E-state index contributed by atoms with van der Waals surface area (Å²) < 4.78 is 0. The van der Waals surface area contributed by atoms with Crippen molar-refractivity contribution in [2.75, 3.05) is 6.54 Å². The molecule has 1 aliphatic heterocycles. The Bertz CT molecular complexity index is 800. The zero-order valence-electron chi connectivity index (χ0n) is 16.4. The van der Waals surface area contributed by atoms with E-state index in [0.29, 0.717) is 18.0 Å². The minimum atomic E-state index is -0.398. The summed E-state index contributed by atoms with van der Waals surface area (Å²) in [6.45, 7) is 8.92. The van der Waals surface area contributed by atoms with Crippen LogP contribution in [0.15, 0.2) is 41.8 Å². The molecule has 1 N–H and O–H groups in total. The van der Waals surface area contributed by atoms with E-state index < -0.39 is 5.92 Å². The number of benzene rings is 1. The molecule has 0 saturated heterocycles. The van der Waals surface area contributed by atoms with E-state index in [2.05, 4.69) is 26.1 Å². The highest BCUT2D eigenvalue weighted by Gasteiger charge is 2.44. The SMILES string of the molecule is CCC(C)NC(=O)C1c2ccccc2C(=O)N(CC(C)C)C1c1cccs1. The van der Waals surface area contributed by atoms with Gasteiger partial charge in [0.15, 0.2) is 0 Å². The van der Waals surface area contributed by atoms with Crippen molar-refractivity contribution in [1.82, 2.24) is 10.2 Å². The molecule has 0 radical (unpaired) electrons. The summed E-state index contributed by atoms with van der Waals surface area (Å²) in [6, 6.07) is 11.4. The lowest BCUT2D eigenvalue weighted by molar-refractivity contribution is -0.124. The molecule has 2 aromatic rings. The second-order valence-corrected chi connectivity index (χ2v) is 8.67. The van der Waals surface area contributed by atoms with Crippen LogP contribution in [0, 0.1) is 5.92 Å². The van der Waals surface area contributed by atoms with Gasteiger partial charge in [0.2, 0.25) is 5.91 Å². The first kappa shape index (κ1) is 19.6. The smallest absolute Gasteiger partial charge is 0.254 e. The van der Waals surface area contributed by atoms with E-state index in [1.165, 1.54) is 0 Å². The lowest BCUT2D eigenvalue weighted by atomic mass is 9.81. The van der Waals surface area contributed by atoms with Crippen LogP contribution >= 0.6 is 11.3 Å². The maximum atomic E-state index is 13.3. The number of hydrogen-bond donors (Lipinski definition) is 1. The van der Waals surface area contributed by atoms with Crippen molar-refractivity contribution in [3.05, 3.63) is 57.8 Å². The van der Waals surface area contributed by atoms with Crippen LogP contribution in [0.4, 0.5) is 0 Å². The van der Waals surface area contributed by atoms with Gasteiger partial charge < -0.3 is 10.2 Å². The Morgan fingerprint density at radius 1 is 1.19 bits per heavy atom. The molecule has 3 atom stereocenters. The highest BCUT2D eigenvalue weighted by molar-refractivity contribution is 7.10. The molecule has 3 rings (SSSR count). The largest absolute Gasteiger partial charge is 0.353 e. The van der Waals surface area contributed by atoms with E-state index in [4.69, 9.17) is 0 Å². The highest BCUT2D eigenvalue weighted by atomic mass is 32.1. The number of fused-ring (bicyclic) bond motifs is 1. The van der Waals surface area contributed by atoms with Gasteiger partial charge in [-0.15, -0.1) is 11.3 Å². The average molecular weight is 385 g/mol. The van der Waals surface area contributed by atoms with Crippen molar-refractivity contribution in [3.8, 4) is 0 Å². The Morgan fingerprint density at radius 2 is 1.93 bits per heavy atom. The summed E-state index contributed by atoms with van der Waals surface area (Å²) in [6.07, 6.45) is 0.873. The number of nitrogens with one attached hydrogen (secondary N) is 1. The van der Waals surface area contributed by atoms with E-state index in [1.807, 2.05) is 53.6 Å². The first-order valence-corrected chi connectivity index (χ1v) is 10.6. The molecule has 0 saturated carbocycles. The minimum Gasteiger partial charge on any atom is -0.353 e. The van der Waals surface area contributed by atoms with Crippen molar-refractivity contribution < 1.29 is 9.59 Å². The van der Waals surface area contributed by atoms with Gasteiger partial charge in [-0.1, -0.05) is 45.0 Å². The van der Waals surface area contributed by atoms with Gasteiger partial charge in [-0.3, -0.25) is 9.59 Å². The van der Waals surface area contributed by atoms with Crippen LogP contribution in [0.25, 0.3) is 0 Å². The van der Waals surface area contributed by atoms with E-state index in [9.17, 15) is 9.59 Å². The zero-order valence-corrected chi connectivity index (χ0v) is 17.3. The van der Waals surface area contributed by atoms with E-state index in [1.54, 1.807) is 11.3 Å². The topological polar surface area (TPSA) is 49.4 Å². The minimum absolute atomic E-state index is 0.00328. The third-order valence-electron chi connectivity index (χ3n) is 5.12. The molecule has 0 aliphatic carbocycles.